The monoisotopic (exact) mass is 323 g/mol. The third-order valence-corrected chi connectivity index (χ3v) is 3.40. The number of aromatic nitrogens is 4. The van der Waals surface area contributed by atoms with Crippen LogP contribution < -0.4 is 10.1 Å². The summed E-state index contributed by atoms with van der Waals surface area (Å²) in [6.07, 6.45) is 0.849. The summed E-state index contributed by atoms with van der Waals surface area (Å²) in [4.78, 5) is 12.3. The second-order valence-corrected chi connectivity index (χ2v) is 5.37. The first-order chi connectivity index (χ1) is 11.6. The van der Waals surface area contributed by atoms with E-state index in [-0.39, 0.29) is 5.91 Å². The van der Waals surface area contributed by atoms with E-state index in [0.29, 0.717) is 5.75 Å². The van der Waals surface area contributed by atoms with Crippen LogP contribution in [-0.2, 0) is 4.79 Å². The molecule has 0 spiro atoms. The quantitative estimate of drug-likeness (QED) is 0.779. The minimum Gasteiger partial charge on any atom is -0.481 e. The second-order valence-electron chi connectivity index (χ2n) is 5.37. The topological polar surface area (TPSA) is 81.9 Å². The molecule has 2 aromatic carbocycles. The Kier molecular flexibility index (Phi) is 4.51. The molecule has 3 rings (SSSR count). The molecule has 0 aliphatic carbocycles. The number of benzene rings is 2. The number of hydrogen-bond donors (Lipinski definition) is 1. The zero-order chi connectivity index (χ0) is 16.9. The predicted octanol–water partition coefficient (Wildman–Crippen LogP) is 2.38. The van der Waals surface area contributed by atoms with Crippen LogP contribution >= 0.6 is 0 Å². The van der Waals surface area contributed by atoms with Crippen molar-refractivity contribution in [2.75, 3.05) is 5.32 Å². The van der Waals surface area contributed by atoms with Gasteiger partial charge in [0.15, 0.2) is 6.10 Å². The van der Waals surface area contributed by atoms with E-state index in [1.165, 1.54) is 11.0 Å². The van der Waals surface area contributed by atoms with Crippen molar-refractivity contribution in [2.45, 2.75) is 20.0 Å². The molecule has 0 fully saturated rings. The summed E-state index contributed by atoms with van der Waals surface area (Å²) in [6.45, 7) is 3.68. The number of nitrogens with zero attached hydrogens (tertiary/aromatic N) is 4. The zero-order valence-corrected chi connectivity index (χ0v) is 13.4. The number of carbonyl (C=O) groups excluding carboxylic acids is 1. The molecular formula is C17H17N5O2. The van der Waals surface area contributed by atoms with Crippen molar-refractivity contribution < 1.29 is 9.53 Å². The molecule has 1 N–H and O–H groups in total. The number of tetrazole rings is 1. The molecule has 0 saturated carbocycles. The van der Waals surface area contributed by atoms with Crippen molar-refractivity contribution in [1.82, 2.24) is 20.2 Å². The van der Waals surface area contributed by atoms with Crippen LogP contribution in [-0.4, -0.2) is 32.2 Å². The SMILES string of the molecule is Cc1cccc(NC(=O)[C@H](C)Oc2cccc(-n3cnnn3)c2)c1. The third kappa shape index (κ3) is 3.75. The van der Waals surface area contributed by atoms with Crippen LogP contribution in [0.1, 0.15) is 12.5 Å². The minimum atomic E-state index is -0.644. The summed E-state index contributed by atoms with van der Waals surface area (Å²) in [5.41, 5.74) is 2.58. The Balaban J connectivity index is 1.67. The molecule has 0 aliphatic rings. The summed E-state index contributed by atoms with van der Waals surface area (Å²) in [7, 11) is 0. The van der Waals surface area contributed by atoms with Gasteiger partial charge in [-0.1, -0.05) is 18.2 Å². The van der Waals surface area contributed by atoms with Gasteiger partial charge in [-0.05, 0) is 54.1 Å². The van der Waals surface area contributed by atoms with Gasteiger partial charge in [0.1, 0.15) is 12.1 Å². The van der Waals surface area contributed by atoms with Crippen LogP contribution in [0.15, 0.2) is 54.9 Å². The Morgan fingerprint density at radius 3 is 2.79 bits per heavy atom. The van der Waals surface area contributed by atoms with Gasteiger partial charge in [0.25, 0.3) is 5.91 Å². The highest BCUT2D eigenvalue weighted by Crippen LogP contribution is 2.18. The van der Waals surface area contributed by atoms with Crippen LogP contribution in [0.3, 0.4) is 0 Å². The maximum Gasteiger partial charge on any atom is 0.265 e. The lowest BCUT2D eigenvalue weighted by molar-refractivity contribution is -0.122. The molecule has 7 nitrogen and oxygen atoms in total. The minimum absolute atomic E-state index is 0.214. The molecule has 0 radical (unpaired) electrons. The summed E-state index contributed by atoms with van der Waals surface area (Å²) in [5, 5.41) is 13.9. The third-order valence-electron chi connectivity index (χ3n) is 3.40. The van der Waals surface area contributed by atoms with E-state index < -0.39 is 6.10 Å². The van der Waals surface area contributed by atoms with E-state index >= 15 is 0 Å². The second kappa shape index (κ2) is 6.91. The molecule has 122 valence electrons. The lowest BCUT2D eigenvalue weighted by atomic mass is 10.2. The van der Waals surface area contributed by atoms with Crippen molar-refractivity contribution in [1.29, 1.82) is 0 Å². The number of rotatable bonds is 5. The molecule has 24 heavy (non-hydrogen) atoms. The molecular weight excluding hydrogens is 306 g/mol. The Bertz CT molecular complexity index is 833. The van der Waals surface area contributed by atoms with E-state index in [1.54, 1.807) is 19.1 Å². The lowest BCUT2D eigenvalue weighted by Gasteiger charge is -2.15. The normalized spacial score (nSPS) is 11.8. The first-order valence-corrected chi connectivity index (χ1v) is 7.49. The zero-order valence-electron chi connectivity index (χ0n) is 13.4. The number of nitrogens with one attached hydrogen (secondary N) is 1. The first-order valence-electron chi connectivity index (χ1n) is 7.49. The Hall–Kier alpha value is -3.22. The summed E-state index contributed by atoms with van der Waals surface area (Å²) < 4.78 is 7.24. The maximum absolute atomic E-state index is 12.3. The van der Waals surface area contributed by atoms with Crippen LogP contribution in [0.5, 0.6) is 5.75 Å². The van der Waals surface area contributed by atoms with Crippen molar-refractivity contribution >= 4 is 11.6 Å². The molecule has 0 aliphatic heterocycles. The number of anilines is 1. The fourth-order valence-corrected chi connectivity index (χ4v) is 2.20. The smallest absolute Gasteiger partial charge is 0.265 e. The average Bonchev–Trinajstić information content (AvgIpc) is 3.09. The Labute approximate surface area is 139 Å². The van der Waals surface area contributed by atoms with Crippen LogP contribution in [0, 0.1) is 6.92 Å². The van der Waals surface area contributed by atoms with E-state index in [0.717, 1.165) is 16.9 Å². The van der Waals surface area contributed by atoms with Crippen LogP contribution in [0.2, 0.25) is 0 Å². The van der Waals surface area contributed by atoms with Gasteiger partial charge in [-0.25, -0.2) is 4.68 Å². The summed E-state index contributed by atoms with van der Waals surface area (Å²) in [5.74, 6) is 0.350. The van der Waals surface area contributed by atoms with Gasteiger partial charge >= 0.3 is 0 Å². The number of aryl methyl sites for hydroxylation is 1. The van der Waals surface area contributed by atoms with Gasteiger partial charge < -0.3 is 10.1 Å². The standard InChI is InChI=1S/C17H17N5O2/c1-12-5-3-6-14(9-12)19-17(23)13(2)24-16-8-4-7-15(10-16)22-11-18-20-21-22/h3-11,13H,1-2H3,(H,19,23)/t13-/m0/s1. The van der Waals surface area contributed by atoms with Gasteiger partial charge in [0.2, 0.25) is 0 Å². The van der Waals surface area contributed by atoms with Gasteiger partial charge in [-0.15, -0.1) is 5.10 Å². The Morgan fingerprint density at radius 2 is 2.04 bits per heavy atom. The van der Waals surface area contributed by atoms with E-state index in [9.17, 15) is 4.79 Å². The number of amides is 1. The molecule has 1 amide bonds. The molecule has 7 heteroatoms. The molecule has 3 aromatic rings. The molecule has 0 unspecified atom stereocenters. The van der Waals surface area contributed by atoms with Crippen LogP contribution in [0.4, 0.5) is 5.69 Å². The van der Waals surface area contributed by atoms with E-state index in [1.807, 2.05) is 43.3 Å². The summed E-state index contributed by atoms with van der Waals surface area (Å²) >= 11 is 0. The fourth-order valence-electron chi connectivity index (χ4n) is 2.20. The van der Waals surface area contributed by atoms with Crippen molar-refractivity contribution in [3.63, 3.8) is 0 Å². The molecule has 1 aromatic heterocycles. The lowest BCUT2D eigenvalue weighted by Crippen LogP contribution is -2.30. The number of carbonyl (C=O) groups is 1. The van der Waals surface area contributed by atoms with Gasteiger partial charge in [0.05, 0.1) is 5.69 Å². The van der Waals surface area contributed by atoms with Gasteiger partial charge in [0, 0.05) is 11.8 Å². The van der Waals surface area contributed by atoms with Crippen LogP contribution in [0.25, 0.3) is 5.69 Å². The summed E-state index contributed by atoms with van der Waals surface area (Å²) in [6, 6.07) is 14.8. The highest BCUT2D eigenvalue weighted by Gasteiger charge is 2.15. The Morgan fingerprint density at radius 1 is 1.21 bits per heavy atom. The van der Waals surface area contributed by atoms with Gasteiger partial charge in [-0.2, -0.15) is 0 Å². The maximum atomic E-state index is 12.3. The highest BCUT2D eigenvalue weighted by molar-refractivity contribution is 5.94. The highest BCUT2D eigenvalue weighted by atomic mass is 16.5. The molecule has 1 atom stereocenters. The largest absolute Gasteiger partial charge is 0.481 e. The number of ether oxygens (including phenoxy) is 1. The number of hydrogen-bond acceptors (Lipinski definition) is 5. The average molecular weight is 323 g/mol. The fraction of sp³-hybridized carbons (Fsp3) is 0.176. The van der Waals surface area contributed by atoms with Crippen molar-refractivity contribution in [3.8, 4) is 11.4 Å². The first kappa shape index (κ1) is 15.7. The molecule has 1 heterocycles. The van der Waals surface area contributed by atoms with E-state index in [2.05, 4.69) is 20.8 Å². The molecule has 0 bridgehead atoms. The van der Waals surface area contributed by atoms with E-state index in [4.69, 9.17) is 4.74 Å². The predicted molar refractivity (Wildman–Crippen MR) is 89.1 cm³/mol. The van der Waals surface area contributed by atoms with Crippen molar-refractivity contribution in [2.24, 2.45) is 0 Å². The molecule has 0 saturated heterocycles. The van der Waals surface area contributed by atoms with Crippen molar-refractivity contribution in [3.05, 3.63) is 60.4 Å². The van der Waals surface area contributed by atoms with Gasteiger partial charge in [-0.3, -0.25) is 4.79 Å².